The summed E-state index contributed by atoms with van der Waals surface area (Å²) in [5, 5.41) is 5.14. The summed E-state index contributed by atoms with van der Waals surface area (Å²) in [6.07, 6.45) is 0. The molecule has 2 heterocycles. The summed E-state index contributed by atoms with van der Waals surface area (Å²) < 4.78 is 11.7. The average molecular weight is 933 g/mol. The summed E-state index contributed by atoms with van der Waals surface area (Å²) in [4.78, 5) is 0. The van der Waals surface area contributed by atoms with E-state index in [1.54, 1.807) is 0 Å². The van der Waals surface area contributed by atoms with Gasteiger partial charge in [0, 0.05) is 0 Å². The third-order valence-electron chi connectivity index (χ3n) is 11.2. The summed E-state index contributed by atoms with van der Waals surface area (Å²) in [7, 11) is 0. The zero-order valence-corrected chi connectivity index (χ0v) is 43.1. The molecule has 0 amide bonds. The Morgan fingerprint density at radius 3 is 1.05 bits per heavy atom. The fourth-order valence-electron chi connectivity index (χ4n) is 7.69. The maximum absolute atomic E-state index is 5.86. The minimum atomic E-state index is 0. The van der Waals surface area contributed by atoms with Crippen LogP contribution in [0.2, 0.25) is 0 Å². The van der Waals surface area contributed by atoms with Crippen molar-refractivity contribution in [1.29, 1.82) is 0 Å². The molecule has 2 aromatic heterocycles. The van der Waals surface area contributed by atoms with Gasteiger partial charge in [0.2, 0.25) is 0 Å². The number of rotatable bonds is 4. The Bertz CT molecular complexity index is 2450. The Balaban J connectivity index is 0.000000373. The summed E-state index contributed by atoms with van der Waals surface area (Å²) in [5.41, 5.74) is 15.9. The standard InChI is InChI=1S/2C26H27O.2CH3.2ClH.Si.Zr/c2*1-16-13-20-14-21(24-12-7-17(2)27-24)15-23(20)25(18(16)3)19-8-10-22(11-9-19)26(4,5)6;;;;;;/h2*7-15H,1-6H3;2*1H3;2*1H;;/q4*-1;;;;. The van der Waals surface area contributed by atoms with Crippen LogP contribution in [-0.4, -0.2) is 6.88 Å². The van der Waals surface area contributed by atoms with Crippen molar-refractivity contribution in [2.75, 3.05) is 0 Å². The monoisotopic (exact) mass is 930 g/mol. The molecule has 0 atom stereocenters. The molecule has 8 rings (SSSR count). The Kier molecular flexibility index (Phi) is 18.3. The molecule has 0 fully saturated rings. The van der Waals surface area contributed by atoms with Crippen molar-refractivity contribution in [3.05, 3.63) is 169 Å². The van der Waals surface area contributed by atoms with E-state index in [9.17, 15) is 0 Å². The van der Waals surface area contributed by atoms with Gasteiger partial charge in [0.1, 0.15) is 0 Å². The summed E-state index contributed by atoms with van der Waals surface area (Å²) in [5.74, 6) is 3.77. The number of aryl methyl sites for hydroxylation is 4. The van der Waals surface area contributed by atoms with E-state index in [2.05, 4.69) is 173 Å². The Labute approximate surface area is 390 Å². The second-order valence-corrected chi connectivity index (χ2v) is 17.4. The van der Waals surface area contributed by atoms with Gasteiger partial charge in [-0.15, -0.1) is 82.8 Å². The second-order valence-electron chi connectivity index (χ2n) is 17.4. The van der Waals surface area contributed by atoms with Crippen LogP contribution in [0, 0.1) is 56.4 Å². The molecular formula is C54H62Cl2O2SiZr-4. The molecule has 0 bridgehead atoms. The Morgan fingerprint density at radius 2 is 0.783 bits per heavy atom. The molecule has 0 saturated carbocycles. The SMILES string of the molecule is Cc1ccc(-c2cc3c(-c4ccc(C(C)(C)C)cc4)c(C)c(C)cc3[cH-]2)o1.Cc1ccc(-c2cc3c(-c4ccc(C(C)(C)C)cc4)c(C)c(C)cc3[cH-]2)o1.Cl.Cl.[CH3-].[CH3-].[Si]=[Zr]. The van der Waals surface area contributed by atoms with Crippen LogP contribution in [0.25, 0.3) is 66.4 Å². The molecule has 316 valence electrons. The third kappa shape index (κ3) is 11.0. The van der Waals surface area contributed by atoms with Crippen LogP contribution >= 0.6 is 24.8 Å². The fraction of sp³-hybridized carbons (Fsp3) is 0.259. The van der Waals surface area contributed by atoms with Gasteiger partial charge in [-0.3, -0.25) is 0 Å². The predicted molar refractivity (Wildman–Crippen MR) is 264 cm³/mol. The van der Waals surface area contributed by atoms with Crippen LogP contribution in [0.1, 0.15) is 86.4 Å². The van der Waals surface area contributed by atoms with Gasteiger partial charge in [-0.25, -0.2) is 0 Å². The van der Waals surface area contributed by atoms with Crippen LogP contribution in [0.5, 0.6) is 0 Å². The molecule has 6 heteroatoms. The fourth-order valence-corrected chi connectivity index (χ4v) is 7.69. The molecule has 2 radical (unpaired) electrons. The van der Waals surface area contributed by atoms with Gasteiger partial charge in [-0.05, 0) is 110 Å². The maximum atomic E-state index is 5.86. The first kappa shape index (κ1) is 52.5. The first-order chi connectivity index (χ1) is 26.5. The first-order valence-corrected chi connectivity index (χ1v) is 23.7. The van der Waals surface area contributed by atoms with Crippen LogP contribution in [-0.2, 0) is 34.2 Å². The molecule has 0 saturated heterocycles. The summed E-state index contributed by atoms with van der Waals surface area (Å²) in [6, 6.07) is 39.9. The molecule has 0 aliphatic carbocycles. The van der Waals surface area contributed by atoms with Crippen LogP contribution in [0.3, 0.4) is 0 Å². The Morgan fingerprint density at radius 1 is 0.467 bits per heavy atom. The number of halogens is 2. The molecule has 0 aliphatic rings. The molecular weight excluding hydrogens is 871 g/mol. The number of furan rings is 2. The van der Waals surface area contributed by atoms with Crippen LogP contribution < -0.4 is 0 Å². The van der Waals surface area contributed by atoms with Crippen molar-refractivity contribution in [1.82, 2.24) is 0 Å². The molecule has 0 spiro atoms. The van der Waals surface area contributed by atoms with Crippen molar-refractivity contribution in [2.45, 2.75) is 93.9 Å². The van der Waals surface area contributed by atoms with Gasteiger partial charge in [0.25, 0.3) is 0 Å². The number of hydrogen-bond acceptors (Lipinski definition) is 2. The van der Waals surface area contributed by atoms with Crippen molar-refractivity contribution in [2.24, 2.45) is 0 Å². The Hall–Kier alpha value is -3.66. The van der Waals surface area contributed by atoms with E-state index in [1.807, 2.05) is 26.0 Å². The molecule has 0 unspecified atom stereocenters. The minimum absolute atomic E-state index is 0. The normalized spacial score (nSPS) is 10.9. The molecule has 60 heavy (non-hydrogen) atoms. The number of benzene rings is 4. The number of fused-ring (bicyclic) bond motifs is 2. The van der Waals surface area contributed by atoms with E-state index < -0.39 is 0 Å². The molecule has 0 N–H and O–H groups in total. The van der Waals surface area contributed by atoms with Crippen molar-refractivity contribution in [3.8, 4) is 44.9 Å². The quantitative estimate of drug-likeness (QED) is 0.130. The van der Waals surface area contributed by atoms with Gasteiger partial charge >= 0.3 is 30.2 Å². The molecule has 6 aromatic carbocycles. The van der Waals surface area contributed by atoms with Crippen molar-refractivity contribution >= 4 is 53.2 Å². The van der Waals surface area contributed by atoms with E-state index in [-0.39, 0.29) is 50.5 Å². The molecule has 2 nitrogen and oxygen atoms in total. The van der Waals surface area contributed by atoms with Gasteiger partial charge in [-0.1, -0.05) is 123 Å². The average Bonchev–Trinajstić information content (AvgIpc) is 3.97. The first-order valence-electron chi connectivity index (χ1n) is 19.5. The van der Waals surface area contributed by atoms with E-state index in [1.165, 1.54) is 101 Å². The van der Waals surface area contributed by atoms with Crippen molar-refractivity contribution < 1.29 is 32.2 Å². The van der Waals surface area contributed by atoms with E-state index in [0.29, 0.717) is 0 Å². The van der Waals surface area contributed by atoms with Gasteiger partial charge in [-0.2, -0.15) is 0 Å². The van der Waals surface area contributed by atoms with E-state index in [0.717, 1.165) is 34.2 Å². The summed E-state index contributed by atoms with van der Waals surface area (Å²) >= 11 is 1.36. The van der Waals surface area contributed by atoms with Gasteiger partial charge in [0.05, 0.1) is 23.0 Å². The number of hydrogen-bond donors (Lipinski definition) is 0. The van der Waals surface area contributed by atoms with E-state index >= 15 is 0 Å². The van der Waals surface area contributed by atoms with Crippen LogP contribution in [0.4, 0.5) is 0 Å². The van der Waals surface area contributed by atoms with Crippen LogP contribution in [0.15, 0.2) is 118 Å². The van der Waals surface area contributed by atoms with Gasteiger partial charge in [0.15, 0.2) is 0 Å². The zero-order chi connectivity index (χ0) is 40.7. The third-order valence-corrected chi connectivity index (χ3v) is 11.2. The van der Waals surface area contributed by atoms with E-state index in [4.69, 9.17) is 8.83 Å². The van der Waals surface area contributed by atoms with Crippen molar-refractivity contribution in [3.63, 3.8) is 0 Å². The topological polar surface area (TPSA) is 26.3 Å². The molecule has 8 aromatic rings. The summed E-state index contributed by atoms with van der Waals surface area (Å²) in [6.45, 7) is 29.4. The second kappa shape index (κ2) is 20.9. The molecule has 0 aliphatic heterocycles. The predicted octanol–water partition coefficient (Wildman–Crippen LogP) is 16.8. The zero-order valence-electron chi connectivity index (χ0n) is 38.0. The van der Waals surface area contributed by atoms with Gasteiger partial charge < -0.3 is 23.7 Å².